The van der Waals surface area contributed by atoms with E-state index in [9.17, 15) is 9.59 Å². The van der Waals surface area contributed by atoms with E-state index in [0.717, 1.165) is 18.7 Å². The summed E-state index contributed by atoms with van der Waals surface area (Å²) in [6.07, 6.45) is 1.52. The lowest BCUT2D eigenvalue weighted by atomic mass is 10.1. The minimum absolute atomic E-state index is 0.0595. The van der Waals surface area contributed by atoms with Crippen molar-refractivity contribution in [2.24, 2.45) is 0 Å². The molecule has 112 valence electrons. The lowest BCUT2D eigenvalue weighted by molar-refractivity contribution is -0.127. The third kappa shape index (κ3) is 4.43. The molecule has 0 spiro atoms. The van der Waals surface area contributed by atoms with Crippen LogP contribution in [0, 0.1) is 0 Å². The van der Waals surface area contributed by atoms with Gasteiger partial charge in [-0.2, -0.15) is 0 Å². The summed E-state index contributed by atoms with van der Waals surface area (Å²) in [4.78, 5) is 27.7. The van der Waals surface area contributed by atoms with Crippen molar-refractivity contribution in [2.75, 3.05) is 33.2 Å². The number of hydrogen-bond acceptors (Lipinski definition) is 3. The lowest BCUT2D eigenvalue weighted by Crippen LogP contribution is -2.46. The zero-order chi connectivity index (χ0) is 15.2. The molecule has 0 bridgehead atoms. The molecule has 0 unspecified atom stereocenters. The van der Waals surface area contributed by atoms with Crippen molar-refractivity contribution in [3.05, 3.63) is 42.0 Å². The highest BCUT2D eigenvalue weighted by molar-refractivity contribution is 5.98. The van der Waals surface area contributed by atoms with Gasteiger partial charge in [-0.1, -0.05) is 30.3 Å². The second kappa shape index (κ2) is 7.04. The van der Waals surface area contributed by atoms with Crippen molar-refractivity contribution in [3.63, 3.8) is 0 Å². The summed E-state index contributed by atoms with van der Waals surface area (Å²) >= 11 is 0. The standard InChI is InChI=1S/C16H21N3O2/c1-13(20)17-15(14-6-4-3-5-7-14)12-16(21)19-10-8-18(2)9-11-19/h3-7,12H,8-11H2,1-2H3,(H,17,20)/b15-12+. The lowest BCUT2D eigenvalue weighted by Gasteiger charge is -2.31. The fraction of sp³-hybridized carbons (Fsp3) is 0.375. The molecule has 1 fully saturated rings. The van der Waals surface area contributed by atoms with Crippen LogP contribution in [0.5, 0.6) is 0 Å². The zero-order valence-electron chi connectivity index (χ0n) is 12.5. The van der Waals surface area contributed by atoms with Crippen LogP contribution < -0.4 is 5.32 Å². The van der Waals surface area contributed by atoms with Gasteiger partial charge in [-0.15, -0.1) is 0 Å². The van der Waals surface area contributed by atoms with Gasteiger partial charge in [0, 0.05) is 39.2 Å². The van der Waals surface area contributed by atoms with Gasteiger partial charge in [-0.25, -0.2) is 0 Å². The van der Waals surface area contributed by atoms with E-state index < -0.39 is 0 Å². The minimum Gasteiger partial charge on any atom is -0.337 e. The van der Waals surface area contributed by atoms with E-state index in [1.54, 1.807) is 0 Å². The van der Waals surface area contributed by atoms with Crippen molar-refractivity contribution in [1.82, 2.24) is 15.1 Å². The van der Waals surface area contributed by atoms with Crippen LogP contribution in [0.15, 0.2) is 36.4 Å². The van der Waals surface area contributed by atoms with Crippen LogP contribution in [0.4, 0.5) is 0 Å². The van der Waals surface area contributed by atoms with E-state index in [-0.39, 0.29) is 11.8 Å². The average Bonchev–Trinajstić information content (AvgIpc) is 2.47. The Morgan fingerprint density at radius 2 is 1.71 bits per heavy atom. The molecule has 1 N–H and O–H groups in total. The molecule has 1 aromatic rings. The fourth-order valence-corrected chi connectivity index (χ4v) is 2.24. The van der Waals surface area contributed by atoms with Crippen LogP contribution in [-0.2, 0) is 9.59 Å². The van der Waals surface area contributed by atoms with Crippen LogP contribution in [0.25, 0.3) is 5.70 Å². The molecule has 1 aliphatic heterocycles. The Labute approximate surface area is 125 Å². The normalized spacial score (nSPS) is 16.7. The number of nitrogens with zero attached hydrogens (tertiary/aromatic N) is 2. The number of carbonyl (C=O) groups excluding carboxylic acids is 2. The molecule has 0 aliphatic carbocycles. The third-order valence-electron chi connectivity index (χ3n) is 3.48. The minimum atomic E-state index is -0.184. The van der Waals surface area contributed by atoms with Gasteiger partial charge in [0.1, 0.15) is 0 Å². The molecule has 0 aromatic heterocycles. The first-order chi connectivity index (χ1) is 10.1. The molecule has 1 aromatic carbocycles. The van der Waals surface area contributed by atoms with Gasteiger partial charge in [-0.05, 0) is 12.6 Å². The van der Waals surface area contributed by atoms with Crippen LogP contribution >= 0.6 is 0 Å². The highest BCUT2D eigenvalue weighted by Crippen LogP contribution is 2.12. The summed E-state index contributed by atoms with van der Waals surface area (Å²) < 4.78 is 0. The second-order valence-electron chi connectivity index (χ2n) is 5.23. The Morgan fingerprint density at radius 3 is 2.29 bits per heavy atom. The number of carbonyl (C=O) groups is 2. The Morgan fingerprint density at radius 1 is 1.10 bits per heavy atom. The Balaban J connectivity index is 2.16. The van der Waals surface area contributed by atoms with E-state index in [2.05, 4.69) is 10.2 Å². The first-order valence-electron chi connectivity index (χ1n) is 7.08. The molecule has 1 heterocycles. The fourth-order valence-electron chi connectivity index (χ4n) is 2.24. The number of piperazine rings is 1. The van der Waals surface area contributed by atoms with Crippen molar-refractivity contribution < 1.29 is 9.59 Å². The molecule has 2 rings (SSSR count). The summed E-state index contributed by atoms with van der Waals surface area (Å²) in [5, 5.41) is 2.74. The topological polar surface area (TPSA) is 52.7 Å². The van der Waals surface area contributed by atoms with Gasteiger partial charge in [0.15, 0.2) is 0 Å². The van der Waals surface area contributed by atoms with Gasteiger partial charge in [-0.3, -0.25) is 9.59 Å². The van der Waals surface area contributed by atoms with Gasteiger partial charge in [0.2, 0.25) is 11.8 Å². The smallest absolute Gasteiger partial charge is 0.248 e. The quantitative estimate of drug-likeness (QED) is 0.842. The number of benzene rings is 1. The Hall–Kier alpha value is -2.14. The molecule has 0 saturated carbocycles. The molecule has 1 saturated heterocycles. The SMILES string of the molecule is CC(=O)N/C(=C/C(=O)N1CCN(C)CC1)c1ccccc1. The highest BCUT2D eigenvalue weighted by atomic mass is 16.2. The van der Waals surface area contributed by atoms with Gasteiger partial charge < -0.3 is 15.1 Å². The Bertz CT molecular complexity index is 532. The monoisotopic (exact) mass is 287 g/mol. The van der Waals surface area contributed by atoms with Crippen molar-refractivity contribution in [2.45, 2.75) is 6.92 Å². The van der Waals surface area contributed by atoms with E-state index in [4.69, 9.17) is 0 Å². The van der Waals surface area contributed by atoms with Crippen molar-refractivity contribution >= 4 is 17.5 Å². The molecule has 5 nitrogen and oxygen atoms in total. The number of rotatable bonds is 3. The van der Waals surface area contributed by atoms with E-state index in [1.165, 1.54) is 13.0 Å². The second-order valence-corrected chi connectivity index (χ2v) is 5.23. The first-order valence-corrected chi connectivity index (χ1v) is 7.08. The average molecular weight is 287 g/mol. The van der Waals surface area contributed by atoms with E-state index >= 15 is 0 Å². The summed E-state index contributed by atoms with van der Waals surface area (Å²) in [6, 6.07) is 9.41. The maximum atomic E-state index is 12.3. The van der Waals surface area contributed by atoms with Gasteiger partial charge in [0.05, 0.1) is 5.70 Å². The first kappa shape index (κ1) is 15.3. The number of hydrogen-bond donors (Lipinski definition) is 1. The summed E-state index contributed by atoms with van der Waals surface area (Å²) in [5.41, 5.74) is 1.38. The number of likely N-dealkylation sites (N-methyl/N-ethyl adjacent to an activating group) is 1. The summed E-state index contributed by atoms with van der Waals surface area (Å²) in [6.45, 7) is 4.62. The van der Waals surface area contributed by atoms with E-state index in [0.29, 0.717) is 18.8 Å². The summed E-state index contributed by atoms with van der Waals surface area (Å²) in [7, 11) is 2.05. The maximum absolute atomic E-state index is 12.3. The maximum Gasteiger partial charge on any atom is 0.248 e. The third-order valence-corrected chi connectivity index (χ3v) is 3.48. The molecule has 0 atom stereocenters. The molecular formula is C16H21N3O2. The predicted molar refractivity (Wildman–Crippen MR) is 82.3 cm³/mol. The predicted octanol–water partition coefficient (Wildman–Crippen LogP) is 0.938. The summed E-state index contributed by atoms with van der Waals surface area (Å²) in [5.74, 6) is -0.244. The van der Waals surface area contributed by atoms with Crippen molar-refractivity contribution in [3.8, 4) is 0 Å². The molecular weight excluding hydrogens is 266 g/mol. The molecule has 1 aliphatic rings. The zero-order valence-corrected chi connectivity index (χ0v) is 12.5. The number of amides is 2. The molecule has 2 amide bonds. The van der Waals surface area contributed by atoms with E-state index in [1.807, 2.05) is 42.3 Å². The van der Waals surface area contributed by atoms with Gasteiger partial charge >= 0.3 is 0 Å². The van der Waals surface area contributed by atoms with Crippen LogP contribution in [0.1, 0.15) is 12.5 Å². The van der Waals surface area contributed by atoms with Gasteiger partial charge in [0.25, 0.3) is 0 Å². The van der Waals surface area contributed by atoms with Crippen molar-refractivity contribution in [1.29, 1.82) is 0 Å². The number of nitrogens with one attached hydrogen (secondary N) is 1. The molecule has 5 heteroatoms. The van der Waals surface area contributed by atoms with Crippen LogP contribution in [0.3, 0.4) is 0 Å². The Kier molecular flexibility index (Phi) is 5.11. The van der Waals surface area contributed by atoms with Crippen LogP contribution in [-0.4, -0.2) is 54.8 Å². The van der Waals surface area contributed by atoms with Crippen LogP contribution in [0.2, 0.25) is 0 Å². The largest absolute Gasteiger partial charge is 0.337 e. The molecule has 0 radical (unpaired) electrons. The highest BCUT2D eigenvalue weighted by Gasteiger charge is 2.18. The molecule has 21 heavy (non-hydrogen) atoms.